The van der Waals surface area contributed by atoms with Crippen molar-refractivity contribution in [3.05, 3.63) is 41.5 Å². The van der Waals surface area contributed by atoms with Crippen molar-refractivity contribution in [2.75, 3.05) is 5.32 Å². The summed E-state index contributed by atoms with van der Waals surface area (Å²) < 4.78 is 0. The molecule has 1 N–H and O–H groups in total. The van der Waals surface area contributed by atoms with Gasteiger partial charge >= 0.3 is 0 Å². The van der Waals surface area contributed by atoms with E-state index in [4.69, 9.17) is 0 Å². The molecule has 1 aliphatic carbocycles. The van der Waals surface area contributed by atoms with E-state index >= 15 is 0 Å². The summed E-state index contributed by atoms with van der Waals surface area (Å²) in [5.41, 5.74) is 26.3. The number of anilines is 2. The van der Waals surface area contributed by atoms with Gasteiger partial charge in [0.1, 0.15) is 86.3 Å². The molecule has 180 valence electrons. The molecule has 0 spiro atoms. The van der Waals surface area contributed by atoms with Crippen LogP contribution in [0.15, 0.2) is 30.3 Å². The van der Waals surface area contributed by atoms with Crippen LogP contribution in [0.4, 0.5) is 11.4 Å². The zero-order valence-electron chi connectivity index (χ0n) is 26.4. The van der Waals surface area contributed by atoms with Gasteiger partial charge in [0.15, 0.2) is 0 Å². The predicted molar refractivity (Wildman–Crippen MR) is 209 cm³/mol. The number of hydrogen-bond acceptors (Lipinski definition) is 1. The summed E-state index contributed by atoms with van der Waals surface area (Å²) in [6.45, 7) is 4.87. The molecule has 0 saturated heterocycles. The molecule has 0 radical (unpaired) electrons. The van der Waals surface area contributed by atoms with Gasteiger partial charge in [-0.25, -0.2) is 0 Å². The molecule has 4 aromatic carbocycles. The molecular weight excluding hydrogens is 457 g/mol. The fourth-order valence-electron chi connectivity index (χ4n) is 7.53. The topological polar surface area (TPSA) is 12.0 Å². The number of rotatable bonds is 3. The van der Waals surface area contributed by atoms with Crippen LogP contribution in [0.2, 0.25) is 0 Å². The average Bonchev–Trinajstić information content (AvgIpc) is 3.16. The molecule has 4 aromatic rings. The van der Waals surface area contributed by atoms with Crippen molar-refractivity contribution in [3.63, 3.8) is 0 Å². The number of hydrogen-bond donors (Lipinski definition) is 1. The Hall–Kier alpha value is -2.61. The molecule has 0 saturated carbocycles. The minimum absolute atomic E-state index is 0.0621. The Balaban J connectivity index is 1.83. The van der Waals surface area contributed by atoms with Crippen molar-refractivity contribution in [2.24, 2.45) is 0 Å². The van der Waals surface area contributed by atoms with Crippen LogP contribution in [0, 0.1) is 0 Å². The first-order valence-electron chi connectivity index (χ1n) is 14.4. The molecule has 12 heteroatoms. The second kappa shape index (κ2) is 9.50. The Morgan fingerprint density at radius 1 is 0.436 bits per heavy atom. The minimum atomic E-state index is -0.0621. The maximum atomic E-state index is 4.07. The number of fused-ring (bicyclic) bond motifs is 3. The molecular formula is C27H34B11N. The van der Waals surface area contributed by atoms with E-state index in [1.165, 1.54) is 105 Å². The third kappa shape index (κ3) is 3.84. The Bertz CT molecular complexity index is 1710. The summed E-state index contributed by atoms with van der Waals surface area (Å²) in [6.07, 6.45) is 0. The van der Waals surface area contributed by atoms with E-state index in [1.54, 1.807) is 0 Å². The minimum Gasteiger partial charge on any atom is -0.356 e. The zero-order chi connectivity index (χ0) is 28.7. The molecule has 0 heterocycles. The van der Waals surface area contributed by atoms with Crippen molar-refractivity contribution in [3.8, 4) is 22.3 Å². The molecule has 0 aliphatic heterocycles. The zero-order valence-corrected chi connectivity index (χ0v) is 26.4. The maximum absolute atomic E-state index is 4.07. The lowest BCUT2D eigenvalue weighted by Crippen LogP contribution is -2.51. The van der Waals surface area contributed by atoms with Gasteiger partial charge in [-0.15, -0.1) is 16.4 Å². The summed E-state index contributed by atoms with van der Waals surface area (Å²) in [4.78, 5) is 0. The van der Waals surface area contributed by atoms with Crippen LogP contribution in [-0.4, -0.2) is 86.3 Å². The SMILES string of the molecule is Bc1c(B)c(B)c(-c2ccccc2)c(Nc2c(B)c(B)c3c(c2B)C(C)(C)c2c(B)c(B)c(B)c(B)c2-3)c1B. The molecule has 0 unspecified atom stereocenters. The van der Waals surface area contributed by atoms with Crippen molar-refractivity contribution in [1.82, 2.24) is 0 Å². The maximum Gasteiger partial charge on any atom is 0.142 e. The molecule has 5 rings (SSSR count). The Morgan fingerprint density at radius 3 is 1.41 bits per heavy atom. The van der Waals surface area contributed by atoms with Gasteiger partial charge in [0.2, 0.25) is 0 Å². The van der Waals surface area contributed by atoms with Gasteiger partial charge < -0.3 is 5.32 Å². The molecule has 1 aliphatic rings. The van der Waals surface area contributed by atoms with E-state index in [9.17, 15) is 0 Å². The standard InChI is InChI=1S/C27H34B11N/c1-27(2)12-10(15(29)20(34)21(35)17(12)31)11-13(27)18(32)26(23(37)16(11)30)39-25-9(8-6-4-3-5-7-8)14(28)19(33)22(36)24(25)38/h3-7,39H,28-38H2,1-2H3. The first-order chi connectivity index (χ1) is 18.2. The van der Waals surface area contributed by atoms with Crippen molar-refractivity contribution in [2.45, 2.75) is 19.3 Å². The van der Waals surface area contributed by atoms with E-state index in [0.29, 0.717) is 0 Å². The number of nitrogens with one attached hydrogen (secondary N) is 1. The average molecular weight is 492 g/mol. The largest absolute Gasteiger partial charge is 0.356 e. The normalized spacial score (nSPS) is 13.2. The summed E-state index contributed by atoms with van der Waals surface area (Å²) in [5.74, 6) is 0. The first kappa shape index (κ1) is 27.9. The highest BCUT2D eigenvalue weighted by molar-refractivity contribution is 6.67. The van der Waals surface area contributed by atoms with Gasteiger partial charge in [-0.05, 0) is 33.4 Å². The van der Waals surface area contributed by atoms with Crippen LogP contribution in [0.25, 0.3) is 22.3 Å². The summed E-state index contributed by atoms with van der Waals surface area (Å²) in [6, 6.07) is 10.9. The Morgan fingerprint density at radius 2 is 0.846 bits per heavy atom. The highest BCUT2D eigenvalue weighted by Gasteiger charge is 2.41. The Kier molecular flexibility index (Phi) is 6.81. The van der Waals surface area contributed by atoms with Crippen LogP contribution in [0.5, 0.6) is 0 Å². The molecule has 1 nitrogen and oxygen atoms in total. The fourth-order valence-corrected chi connectivity index (χ4v) is 7.53. The van der Waals surface area contributed by atoms with Gasteiger partial charge in [-0.3, -0.25) is 0 Å². The lowest BCUT2D eigenvalue weighted by Gasteiger charge is -2.30. The summed E-state index contributed by atoms with van der Waals surface area (Å²) >= 11 is 0. The van der Waals surface area contributed by atoms with Crippen LogP contribution in [0.1, 0.15) is 25.0 Å². The monoisotopic (exact) mass is 493 g/mol. The quantitative estimate of drug-likeness (QED) is 0.281. The molecule has 0 atom stereocenters. The molecule has 0 aromatic heterocycles. The third-order valence-electron chi connectivity index (χ3n) is 10.5. The van der Waals surface area contributed by atoms with Crippen LogP contribution in [0.3, 0.4) is 0 Å². The molecule has 0 fully saturated rings. The van der Waals surface area contributed by atoms with Crippen molar-refractivity contribution < 1.29 is 0 Å². The van der Waals surface area contributed by atoms with E-state index in [0.717, 1.165) is 0 Å². The van der Waals surface area contributed by atoms with Crippen LogP contribution >= 0.6 is 0 Å². The number of benzene rings is 4. The predicted octanol–water partition coefficient (Wildman–Crippen LogP) is -11.8. The smallest absolute Gasteiger partial charge is 0.142 e. The van der Waals surface area contributed by atoms with Gasteiger partial charge in [0, 0.05) is 16.8 Å². The van der Waals surface area contributed by atoms with Crippen LogP contribution < -0.4 is 65.4 Å². The van der Waals surface area contributed by atoms with Gasteiger partial charge in [-0.2, -0.15) is 0 Å². The Labute approximate surface area is 245 Å². The second-order valence-electron chi connectivity index (χ2n) is 12.6. The van der Waals surface area contributed by atoms with Crippen molar-refractivity contribution >= 4 is 158 Å². The van der Waals surface area contributed by atoms with Gasteiger partial charge in [0.25, 0.3) is 0 Å². The van der Waals surface area contributed by atoms with Crippen LogP contribution in [-0.2, 0) is 5.41 Å². The van der Waals surface area contributed by atoms with E-state index in [2.05, 4.69) is 136 Å². The van der Waals surface area contributed by atoms with E-state index in [1.807, 2.05) is 0 Å². The molecule has 0 bridgehead atoms. The highest BCUT2D eigenvalue weighted by atomic mass is 14.9. The molecule has 0 amide bonds. The lowest BCUT2D eigenvalue weighted by atomic mass is 9.61. The summed E-state index contributed by atoms with van der Waals surface area (Å²) in [7, 11) is 25.3. The van der Waals surface area contributed by atoms with E-state index in [-0.39, 0.29) is 5.41 Å². The molecule has 39 heavy (non-hydrogen) atoms. The highest BCUT2D eigenvalue weighted by Crippen LogP contribution is 2.45. The fraction of sp³-hybridized carbons (Fsp3) is 0.111. The van der Waals surface area contributed by atoms with Gasteiger partial charge in [-0.1, -0.05) is 87.9 Å². The summed E-state index contributed by atoms with van der Waals surface area (Å²) in [5, 5.41) is 4.07. The second-order valence-corrected chi connectivity index (χ2v) is 12.6. The van der Waals surface area contributed by atoms with Crippen molar-refractivity contribution in [1.29, 1.82) is 0 Å². The third-order valence-corrected chi connectivity index (χ3v) is 10.5. The van der Waals surface area contributed by atoms with Gasteiger partial charge in [0.05, 0.1) is 0 Å². The lowest BCUT2D eigenvalue weighted by molar-refractivity contribution is 0.670. The van der Waals surface area contributed by atoms with E-state index < -0.39 is 0 Å². The first-order valence-corrected chi connectivity index (χ1v) is 14.4.